The second kappa shape index (κ2) is 7.50. The van der Waals surface area contributed by atoms with E-state index in [0.717, 1.165) is 31.6 Å². The van der Waals surface area contributed by atoms with Gasteiger partial charge in [0.1, 0.15) is 5.76 Å². The minimum absolute atomic E-state index is 0.348. The molecule has 0 aromatic rings. The maximum atomic E-state index is 9.05. The number of aliphatic hydroxyl groups excluding tert-OH is 1. The first-order valence-electron chi connectivity index (χ1n) is 6.36. The Bertz CT molecular complexity index is 225. The van der Waals surface area contributed by atoms with Crippen molar-refractivity contribution in [2.24, 2.45) is 11.8 Å². The van der Waals surface area contributed by atoms with Crippen molar-refractivity contribution in [1.82, 2.24) is 0 Å². The summed E-state index contributed by atoms with van der Waals surface area (Å²) in [4.78, 5) is 0. The van der Waals surface area contributed by atoms with Crippen LogP contribution >= 0.6 is 0 Å². The van der Waals surface area contributed by atoms with Crippen molar-refractivity contribution in [3.63, 3.8) is 0 Å². The first kappa shape index (κ1) is 13.3. The van der Waals surface area contributed by atoms with Gasteiger partial charge < -0.3 is 9.84 Å². The number of hydrogen-bond donors (Lipinski definition) is 1. The molecule has 0 aliphatic heterocycles. The highest BCUT2D eigenvalue weighted by Gasteiger charge is 2.20. The number of hydrogen-bond acceptors (Lipinski definition) is 2. The van der Waals surface area contributed by atoms with Crippen molar-refractivity contribution < 1.29 is 9.84 Å². The van der Waals surface area contributed by atoms with Crippen LogP contribution in [0.5, 0.6) is 0 Å². The zero-order valence-corrected chi connectivity index (χ0v) is 10.3. The maximum Gasteiger partial charge on any atom is 0.114 e. The molecule has 0 atom stereocenters. The first-order valence-corrected chi connectivity index (χ1v) is 6.36. The molecule has 1 aliphatic carbocycles. The van der Waals surface area contributed by atoms with Crippen molar-refractivity contribution >= 4 is 0 Å². The molecular weight excluding hydrogens is 200 g/mol. The summed E-state index contributed by atoms with van der Waals surface area (Å²) in [7, 11) is 0. The van der Waals surface area contributed by atoms with Crippen LogP contribution in [-0.2, 0) is 4.74 Å². The van der Waals surface area contributed by atoms with Crippen LogP contribution in [0.1, 0.15) is 39.0 Å². The molecule has 1 fully saturated rings. The molecule has 0 bridgehead atoms. The molecule has 0 aromatic carbocycles. The third kappa shape index (κ3) is 4.40. The van der Waals surface area contributed by atoms with Gasteiger partial charge in [0.2, 0.25) is 0 Å². The number of allylic oxidation sites excluding steroid dienone is 2. The van der Waals surface area contributed by atoms with Gasteiger partial charge in [0.15, 0.2) is 0 Å². The molecule has 0 spiro atoms. The Morgan fingerprint density at radius 3 is 2.44 bits per heavy atom. The van der Waals surface area contributed by atoms with Crippen molar-refractivity contribution in [2.75, 3.05) is 13.2 Å². The van der Waals surface area contributed by atoms with E-state index in [4.69, 9.17) is 9.84 Å². The van der Waals surface area contributed by atoms with Crippen LogP contribution < -0.4 is 0 Å². The van der Waals surface area contributed by atoms with Crippen LogP contribution in [0.25, 0.3) is 0 Å². The third-order valence-corrected chi connectivity index (χ3v) is 3.32. The average molecular weight is 224 g/mol. The van der Waals surface area contributed by atoms with E-state index in [1.165, 1.54) is 12.8 Å². The third-order valence-electron chi connectivity index (χ3n) is 3.32. The lowest BCUT2D eigenvalue weighted by atomic mass is 9.83. The highest BCUT2D eigenvalue weighted by molar-refractivity contribution is 5.07. The van der Waals surface area contributed by atoms with Gasteiger partial charge in [-0.05, 0) is 56.1 Å². The molecule has 0 saturated heterocycles. The molecule has 0 heterocycles. The molecule has 92 valence electrons. The highest BCUT2D eigenvalue weighted by atomic mass is 16.5. The summed E-state index contributed by atoms with van der Waals surface area (Å²) >= 11 is 0. The fourth-order valence-corrected chi connectivity index (χ4v) is 2.20. The molecule has 1 N–H and O–H groups in total. The van der Waals surface area contributed by atoms with E-state index in [9.17, 15) is 0 Å². The Balaban J connectivity index is 2.23. The van der Waals surface area contributed by atoms with Gasteiger partial charge in [0.25, 0.3) is 0 Å². The van der Waals surface area contributed by atoms with E-state index in [1.807, 2.05) is 0 Å². The predicted octanol–water partition coefficient (Wildman–Crippen LogP) is 3.28. The van der Waals surface area contributed by atoms with E-state index in [-0.39, 0.29) is 0 Å². The van der Waals surface area contributed by atoms with Gasteiger partial charge in [0.05, 0.1) is 6.61 Å². The fourth-order valence-electron chi connectivity index (χ4n) is 2.20. The molecule has 2 heteroatoms. The Hall–Kier alpha value is -0.760. The molecule has 2 nitrogen and oxygen atoms in total. The molecule has 0 amide bonds. The van der Waals surface area contributed by atoms with Crippen LogP contribution in [0.4, 0.5) is 0 Å². The Kier molecular flexibility index (Phi) is 6.24. The molecule has 1 saturated carbocycles. The highest BCUT2D eigenvalue weighted by Crippen LogP contribution is 2.28. The van der Waals surface area contributed by atoms with E-state index in [1.54, 1.807) is 6.08 Å². The SMILES string of the molecule is C=CC(=CCC)OC[C@H]1CC[C@@H](CO)CC1. The zero-order chi connectivity index (χ0) is 11.8. The summed E-state index contributed by atoms with van der Waals surface area (Å²) in [5.41, 5.74) is 0. The predicted molar refractivity (Wildman–Crippen MR) is 67.1 cm³/mol. The number of aliphatic hydroxyl groups is 1. The quantitative estimate of drug-likeness (QED) is 0.554. The zero-order valence-electron chi connectivity index (χ0n) is 10.3. The first-order chi connectivity index (χ1) is 7.80. The van der Waals surface area contributed by atoms with E-state index in [2.05, 4.69) is 19.6 Å². The minimum Gasteiger partial charge on any atom is -0.494 e. The summed E-state index contributed by atoms with van der Waals surface area (Å²) in [5, 5.41) is 9.05. The van der Waals surface area contributed by atoms with Crippen molar-refractivity contribution in [3.05, 3.63) is 24.5 Å². The summed E-state index contributed by atoms with van der Waals surface area (Å²) < 4.78 is 5.72. The van der Waals surface area contributed by atoms with Crippen molar-refractivity contribution in [1.29, 1.82) is 0 Å². The van der Waals surface area contributed by atoms with Crippen molar-refractivity contribution in [3.8, 4) is 0 Å². The normalized spacial score (nSPS) is 26.5. The number of rotatable bonds is 6. The fraction of sp³-hybridized carbons (Fsp3) is 0.714. The van der Waals surface area contributed by atoms with Gasteiger partial charge in [-0.3, -0.25) is 0 Å². The topological polar surface area (TPSA) is 29.5 Å². The van der Waals surface area contributed by atoms with Crippen LogP contribution in [0.2, 0.25) is 0 Å². The van der Waals surface area contributed by atoms with E-state index < -0.39 is 0 Å². The van der Waals surface area contributed by atoms with Gasteiger partial charge >= 0.3 is 0 Å². The van der Waals surface area contributed by atoms with Gasteiger partial charge in [-0.1, -0.05) is 13.5 Å². The van der Waals surface area contributed by atoms with Gasteiger partial charge in [-0.15, -0.1) is 0 Å². The lowest BCUT2D eigenvalue weighted by molar-refractivity contribution is 0.113. The summed E-state index contributed by atoms with van der Waals surface area (Å²) in [6.45, 7) is 6.99. The summed E-state index contributed by atoms with van der Waals surface area (Å²) in [5.74, 6) is 2.09. The van der Waals surface area contributed by atoms with Crippen LogP contribution in [0.15, 0.2) is 24.5 Å². The van der Waals surface area contributed by atoms with Gasteiger partial charge in [-0.2, -0.15) is 0 Å². The Labute approximate surface area is 99.0 Å². The molecule has 0 radical (unpaired) electrons. The molecule has 1 rings (SSSR count). The average Bonchev–Trinajstić information content (AvgIpc) is 2.35. The summed E-state index contributed by atoms with van der Waals surface area (Å²) in [6, 6.07) is 0. The second-order valence-corrected chi connectivity index (χ2v) is 4.60. The van der Waals surface area contributed by atoms with E-state index in [0.29, 0.717) is 18.4 Å². The lowest BCUT2D eigenvalue weighted by Crippen LogP contribution is -2.20. The summed E-state index contributed by atoms with van der Waals surface area (Å²) in [6.07, 6.45) is 9.48. The van der Waals surface area contributed by atoms with E-state index >= 15 is 0 Å². The number of ether oxygens (including phenoxy) is 1. The molecule has 16 heavy (non-hydrogen) atoms. The molecule has 0 unspecified atom stereocenters. The van der Waals surface area contributed by atoms with Crippen molar-refractivity contribution in [2.45, 2.75) is 39.0 Å². The van der Waals surface area contributed by atoms with Crippen LogP contribution in [0.3, 0.4) is 0 Å². The maximum absolute atomic E-state index is 9.05. The Morgan fingerprint density at radius 2 is 1.94 bits per heavy atom. The largest absolute Gasteiger partial charge is 0.494 e. The Morgan fingerprint density at radius 1 is 1.31 bits per heavy atom. The van der Waals surface area contributed by atoms with Crippen LogP contribution in [-0.4, -0.2) is 18.3 Å². The molecule has 1 aliphatic rings. The van der Waals surface area contributed by atoms with Crippen LogP contribution in [0, 0.1) is 11.8 Å². The van der Waals surface area contributed by atoms with Gasteiger partial charge in [-0.25, -0.2) is 0 Å². The standard InChI is InChI=1S/C14H24O2/c1-3-5-14(4-2)16-11-13-8-6-12(10-15)7-9-13/h4-5,12-13,15H,2-3,6-11H2,1H3/t12-,13+. The smallest absolute Gasteiger partial charge is 0.114 e. The minimum atomic E-state index is 0.348. The second-order valence-electron chi connectivity index (χ2n) is 4.60. The molecule has 0 aromatic heterocycles. The lowest BCUT2D eigenvalue weighted by Gasteiger charge is -2.27. The monoisotopic (exact) mass is 224 g/mol. The molecular formula is C14H24O2. The van der Waals surface area contributed by atoms with Gasteiger partial charge in [0, 0.05) is 6.61 Å².